The van der Waals surface area contributed by atoms with Crippen LogP contribution in [0.4, 0.5) is 0 Å². The monoisotopic (exact) mass is 272 g/mol. The van der Waals surface area contributed by atoms with Gasteiger partial charge < -0.3 is 0 Å². The minimum absolute atomic E-state index is 0.200. The number of allylic oxidation sites excluding steroid dienone is 3. The van der Waals surface area contributed by atoms with Gasteiger partial charge in [0.15, 0.2) is 0 Å². The summed E-state index contributed by atoms with van der Waals surface area (Å²) in [4.78, 5) is 12.1. The third kappa shape index (κ3) is 1.93. The van der Waals surface area contributed by atoms with Crippen LogP contribution < -0.4 is 0 Å². The fraction of sp³-hybridized carbons (Fsp3) is 0.737. The molecule has 2 saturated carbocycles. The molecule has 20 heavy (non-hydrogen) atoms. The van der Waals surface area contributed by atoms with Crippen LogP contribution in [0.5, 0.6) is 0 Å². The second kappa shape index (κ2) is 4.58. The third-order valence-corrected chi connectivity index (χ3v) is 6.81. The van der Waals surface area contributed by atoms with Gasteiger partial charge in [0, 0.05) is 17.8 Å². The van der Waals surface area contributed by atoms with Gasteiger partial charge in [-0.25, -0.2) is 0 Å². The lowest BCUT2D eigenvalue weighted by molar-refractivity contribution is -0.134. The van der Waals surface area contributed by atoms with Gasteiger partial charge in [0.05, 0.1) is 0 Å². The third-order valence-electron chi connectivity index (χ3n) is 6.81. The summed E-state index contributed by atoms with van der Waals surface area (Å²) >= 11 is 0. The van der Waals surface area contributed by atoms with Crippen molar-refractivity contribution in [3.63, 3.8) is 0 Å². The summed E-state index contributed by atoms with van der Waals surface area (Å²) in [5.74, 6) is 2.11. The van der Waals surface area contributed by atoms with Gasteiger partial charge in [-0.2, -0.15) is 0 Å². The van der Waals surface area contributed by atoms with Crippen molar-refractivity contribution >= 4 is 5.78 Å². The van der Waals surface area contributed by atoms with E-state index in [-0.39, 0.29) is 11.3 Å². The summed E-state index contributed by atoms with van der Waals surface area (Å²) < 4.78 is 0. The Labute approximate surface area is 123 Å². The standard InChI is InChI=1S/C19H28O/c1-5-18(3)10-8-16-14(12-18)6-7-15-13(2)17(20)9-11-19(15,16)4/h5,12-13,15-16H,1,6-11H2,2-4H3. The molecule has 0 saturated heterocycles. The van der Waals surface area contributed by atoms with Crippen molar-refractivity contribution in [2.75, 3.05) is 0 Å². The second-order valence-electron chi connectivity index (χ2n) is 7.93. The minimum atomic E-state index is 0.200. The van der Waals surface area contributed by atoms with Gasteiger partial charge in [-0.3, -0.25) is 4.79 Å². The van der Waals surface area contributed by atoms with Crippen LogP contribution in [0.25, 0.3) is 0 Å². The van der Waals surface area contributed by atoms with Crippen LogP contribution in [0.15, 0.2) is 24.3 Å². The van der Waals surface area contributed by atoms with Gasteiger partial charge in [0.25, 0.3) is 0 Å². The molecule has 0 amide bonds. The van der Waals surface area contributed by atoms with E-state index in [1.165, 1.54) is 25.7 Å². The Balaban J connectivity index is 1.95. The van der Waals surface area contributed by atoms with E-state index in [1.807, 2.05) is 0 Å². The van der Waals surface area contributed by atoms with E-state index < -0.39 is 0 Å². The number of Topliss-reactive ketones (excluding diaryl/α,β-unsaturated/α-hetero) is 1. The molecule has 0 aromatic carbocycles. The number of hydrogen-bond donors (Lipinski definition) is 0. The Morgan fingerprint density at radius 1 is 1.25 bits per heavy atom. The van der Waals surface area contributed by atoms with Crippen LogP contribution >= 0.6 is 0 Å². The molecule has 0 aromatic heterocycles. The number of carbonyl (C=O) groups excluding carboxylic acids is 1. The van der Waals surface area contributed by atoms with Crippen molar-refractivity contribution in [2.45, 2.75) is 59.3 Å². The number of rotatable bonds is 1. The van der Waals surface area contributed by atoms with Crippen LogP contribution in [0.1, 0.15) is 59.3 Å². The highest BCUT2D eigenvalue weighted by Crippen LogP contribution is 2.60. The molecular formula is C19H28O. The van der Waals surface area contributed by atoms with Crippen molar-refractivity contribution < 1.29 is 4.79 Å². The molecule has 0 aliphatic heterocycles. The molecule has 110 valence electrons. The van der Waals surface area contributed by atoms with Crippen LogP contribution in [-0.4, -0.2) is 5.78 Å². The molecule has 0 N–H and O–H groups in total. The van der Waals surface area contributed by atoms with E-state index >= 15 is 0 Å². The molecule has 2 fully saturated rings. The number of carbonyl (C=O) groups is 1. The lowest BCUT2D eigenvalue weighted by atomic mass is 9.48. The molecule has 0 bridgehead atoms. The van der Waals surface area contributed by atoms with Crippen molar-refractivity contribution in [1.82, 2.24) is 0 Å². The maximum absolute atomic E-state index is 12.1. The van der Waals surface area contributed by atoms with Crippen LogP contribution in [0, 0.1) is 28.6 Å². The summed E-state index contributed by atoms with van der Waals surface area (Å²) in [5.41, 5.74) is 2.23. The molecule has 1 nitrogen and oxygen atoms in total. The molecule has 5 atom stereocenters. The molecule has 5 unspecified atom stereocenters. The topological polar surface area (TPSA) is 17.1 Å². The van der Waals surface area contributed by atoms with Crippen molar-refractivity contribution in [2.24, 2.45) is 28.6 Å². The fourth-order valence-corrected chi connectivity index (χ4v) is 5.33. The van der Waals surface area contributed by atoms with E-state index in [0.29, 0.717) is 23.0 Å². The van der Waals surface area contributed by atoms with Crippen molar-refractivity contribution in [3.8, 4) is 0 Å². The zero-order valence-corrected chi connectivity index (χ0v) is 13.2. The van der Waals surface area contributed by atoms with E-state index in [2.05, 4.69) is 39.5 Å². The minimum Gasteiger partial charge on any atom is -0.299 e. The quantitative estimate of drug-likeness (QED) is 0.618. The second-order valence-corrected chi connectivity index (χ2v) is 7.93. The van der Waals surface area contributed by atoms with E-state index in [1.54, 1.807) is 5.57 Å². The highest BCUT2D eigenvalue weighted by atomic mass is 16.1. The first-order valence-electron chi connectivity index (χ1n) is 8.27. The van der Waals surface area contributed by atoms with Crippen LogP contribution in [0.3, 0.4) is 0 Å². The maximum atomic E-state index is 12.1. The molecule has 0 heterocycles. The van der Waals surface area contributed by atoms with Gasteiger partial charge in [-0.1, -0.05) is 38.5 Å². The van der Waals surface area contributed by atoms with Crippen LogP contribution in [0.2, 0.25) is 0 Å². The first-order valence-corrected chi connectivity index (χ1v) is 8.27. The Hall–Kier alpha value is -0.850. The first kappa shape index (κ1) is 14.1. The lowest BCUT2D eigenvalue weighted by Gasteiger charge is -2.55. The van der Waals surface area contributed by atoms with Crippen molar-refractivity contribution in [1.29, 1.82) is 0 Å². The molecule has 0 spiro atoms. The maximum Gasteiger partial charge on any atom is 0.136 e. The molecule has 3 aliphatic carbocycles. The summed E-state index contributed by atoms with van der Waals surface area (Å²) in [6.07, 6.45) is 11.4. The number of ketones is 1. The zero-order chi connectivity index (χ0) is 14.5. The van der Waals surface area contributed by atoms with Gasteiger partial charge in [-0.05, 0) is 49.4 Å². The Kier molecular flexibility index (Phi) is 3.23. The predicted molar refractivity (Wildman–Crippen MR) is 83.3 cm³/mol. The molecular weight excluding hydrogens is 244 g/mol. The Bertz CT molecular complexity index is 474. The SMILES string of the molecule is C=CC1(C)C=C2CCC3C(C)C(=O)CCC3(C)C2CC1. The summed E-state index contributed by atoms with van der Waals surface area (Å²) in [7, 11) is 0. The zero-order valence-electron chi connectivity index (χ0n) is 13.2. The Morgan fingerprint density at radius 3 is 2.70 bits per heavy atom. The lowest BCUT2D eigenvalue weighted by Crippen LogP contribution is -2.49. The van der Waals surface area contributed by atoms with E-state index in [9.17, 15) is 4.79 Å². The largest absolute Gasteiger partial charge is 0.299 e. The van der Waals surface area contributed by atoms with E-state index in [4.69, 9.17) is 0 Å². The molecule has 1 heteroatoms. The number of fused-ring (bicyclic) bond motifs is 3. The molecule has 0 aromatic rings. The highest BCUT2D eigenvalue weighted by molar-refractivity contribution is 5.82. The average molecular weight is 272 g/mol. The molecule has 3 rings (SSSR count). The van der Waals surface area contributed by atoms with Gasteiger partial charge >= 0.3 is 0 Å². The smallest absolute Gasteiger partial charge is 0.136 e. The summed E-state index contributed by atoms with van der Waals surface area (Å²) in [6.45, 7) is 11.0. The molecule has 0 radical (unpaired) electrons. The van der Waals surface area contributed by atoms with Crippen LogP contribution in [-0.2, 0) is 4.79 Å². The first-order chi connectivity index (χ1) is 9.39. The summed E-state index contributed by atoms with van der Waals surface area (Å²) in [5, 5.41) is 0. The van der Waals surface area contributed by atoms with Gasteiger partial charge in [-0.15, -0.1) is 6.58 Å². The average Bonchev–Trinajstić information content (AvgIpc) is 2.43. The van der Waals surface area contributed by atoms with Gasteiger partial charge in [0.1, 0.15) is 5.78 Å². The van der Waals surface area contributed by atoms with E-state index in [0.717, 1.165) is 12.8 Å². The normalized spacial score (nSPS) is 48.0. The van der Waals surface area contributed by atoms with Crippen molar-refractivity contribution in [3.05, 3.63) is 24.3 Å². The van der Waals surface area contributed by atoms with Gasteiger partial charge in [0.2, 0.25) is 0 Å². The summed E-state index contributed by atoms with van der Waals surface area (Å²) in [6, 6.07) is 0. The predicted octanol–water partition coefficient (Wildman–Crippen LogP) is 4.93. The number of hydrogen-bond acceptors (Lipinski definition) is 1. The molecule has 3 aliphatic rings. The highest BCUT2D eigenvalue weighted by Gasteiger charge is 2.52. The Morgan fingerprint density at radius 2 is 2.00 bits per heavy atom. The fourth-order valence-electron chi connectivity index (χ4n) is 5.33.